The van der Waals surface area contributed by atoms with Crippen LogP contribution in [-0.4, -0.2) is 57.3 Å². The molecule has 6 nitrogen and oxygen atoms in total. The first kappa shape index (κ1) is 17.1. The van der Waals surface area contributed by atoms with Gasteiger partial charge in [0.15, 0.2) is 0 Å². The van der Waals surface area contributed by atoms with Crippen LogP contribution < -0.4 is 0 Å². The molecule has 136 valence electrons. The number of piperidine rings is 1. The Morgan fingerprint density at radius 1 is 1.19 bits per heavy atom. The molecule has 0 saturated carbocycles. The minimum atomic E-state index is -0.0810. The minimum absolute atomic E-state index is 0.0810. The van der Waals surface area contributed by atoms with Crippen molar-refractivity contribution in [3.63, 3.8) is 0 Å². The van der Waals surface area contributed by atoms with Crippen molar-refractivity contribution in [2.75, 3.05) is 19.6 Å². The van der Waals surface area contributed by atoms with Gasteiger partial charge in [-0.2, -0.15) is 11.3 Å². The van der Waals surface area contributed by atoms with Crippen LogP contribution >= 0.6 is 11.3 Å². The van der Waals surface area contributed by atoms with E-state index in [1.807, 2.05) is 15.2 Å². The van der Waals surface area contributed by atoms with Crippen LogP contribution in [0.3, 0.4) is 0 Å². The molecule has 0 aliphatic carbocycles. The Balaban J connectivity index is 1.43. The van der Waals surface area contributed by atoms with Gasteiger partial charge in [-0.05, 0) is 47.6 Å². The maximum atomic E-state index is 12.8. The normalized spacial score (nSPS) is 22.3. The number of carbonyl (C=O) groups excluding carboxylic acids is 2. The third-order valence-electron chi connectivity index (χ3n) is 5.31. The zero-order chi connectivity index (χ0) is 17.9. The van der Waals surface area contributed by atoms with Crippen LogP contribution in [0.2, 0.25) is 0 Å². The molecule has 2 amide bonds. The molecule has 2 bridgehead atoms. The number of rotatable bonds is 4. The molecule has 0 aromatic carbocycles. The van der Waals surface area contributed by atoms with Crippen molar-refractivity contribution in [2.45, 2.75) is 31.7 Å². The highest BCUT2D eigenvalue weighted by atomic mass is 32.1. The van der Waals surface area contributed by atoms with Gasteiger partial charge in [0, 0.05) is 44.5 Å². The van der Waals surface area contributed by atoms with Gasteiger partial charge in [-0.25, -0.2) is 4.98 Å². The Morgan fingerprint density at radius 2 is 2.12 bits per heavy atom. The predicted octanol–water partition coefficient (Wildman–Crippen LogP) is 2.23. The molecule has 0 radical (unpaired) electrons. The highest BCUT2D eigenvalue weighted by molar-refractivity contribution is 7.07. The van der Waals surface area contributed by atoms with E-state index in [1.54, 1.807) is 23.7 Å². The smallest absolute Gasteiger partial charge is 0.274 e. The number of amides is 2. The largest absolute Gasteiger partial charge is 0.338 e. The van der Waals surface area contributed by atoms with Crippen molar-refractivity contribution < 1.29 is 9.59 Å². The highest BCUT2D eigenvalue weighted by Crippen LogP contribution is 2.29. The van der Waals surface area contributed by atoms with Gasteiger partial charge in [0.25, 0.3) is 5.91 Å². The molecule has 0 N–H and O–H groups in total. The SMILES string of the molecule is O=C(c1cnccn1)N1C[C@H]2CC[C@@H](C1)N(C(=O)CCc1ccsc1)C2. The summed E-state index contributed by atoms with van der Waals surface area (Å²) in [4.78, 5) is 37.5. The molecule has 26 heavy (non-hydrogen) atoms. The summed E-state index contributed by atoms with van der Waals surface area (Å²) in [6, 6.07) is 2.19. The molecule has 3 saturated heterocycles. The van der Waals surface area contributed by atoms with E-state index >= 15 is 0 Å². The topological polar surface area (TPSA) is 66.4 Å². The molecule has 7 heteroatoms. The first-order valence-electron chi connectivity index (χ1n) is 9.06. The maximum absolute atomic E-state index is 12.8. The van der Waals surface area contributed by atoms with Crippen LogP contribution in [0.1, 0.15) is 35.3 Å². The summed E-state index contributed by atoms with van der Waals surface area (Å²) in [5.74, 6) is 0.474. The standard InChI is InChI=1S/C19H22N4O2S/c24-18(4-2-14-5-8-26-13-14)23-11-15-1-3-16(23)12-22(10-15)19(25)17-9-20-6-7-21-17/h5-9,13,15-16H,1-4,10-12H2/t15-,16+/m1/s1. The Labute approximate surface area is 156 Å². The summed E-state index contributed by atoms with van der Waals surface area (Å²) < 4.78 is 0. The van der Waals surface area contributed by atoms with Crippen molar-refractivity contribution in [3.05, 3.63) is 46.7 Å². The second kappa shape index (κ2) is 7.53. The number of carbonyl (C=O) groups is 2. The molecule has 2 atom stereocenters. The molecule has 2 aromatic rings. The van der Waals surface area contributed by atoms with Gasteiger partial charge in [0.1, 0.15) is 5.69 Å². The van der Waals surface area contributed by atoms with E-state index in [1.165, 1.54) is 11.8 Å². The van der Waals surface area contributed by atoms with E-state index in [0.29, 0.717) is 31.1 Å². The van der Waals surface area contributed by atoms with E-state index in [-0.39, 0.29) is 17.9 Å². The lowest BCUT2D eigenvalue weighted by Crippen LogP contribution is -2.47. The van der Waals surface area contributed by atoms with Crippen LogP contribution in [0.4, 0.5) is 0 Å². The monoisotopic (exact) mass is 370 g/mol. The number of aryl methyl sites for hydroxylation is 1. The second-order valence-corrected chi connectivity index (χ2v) is 7.86. The van der Waals surface area contributed by atoms with Crippen LogP contribution in [0.5, 0.6) is 0 Å². The summed E-state index contributed by atoms with van der Waals surface area (Å²) in [6.45, 7) is 2.05. The molecule has 2 aromatic heterocycles. The summed E-state index contributed by atoms with van der Waals surface area (Å²) in [5, 5.41) is 4.15. The Kier molecular flexibility index (Phi) is 4.97. The fraction of sp³-hybridized carbons (Fsp3) is 0.474. The first-order valence-corrected chi connectivity index (χ1v) is 10.0. The number of hydrogen-bond acceptors (Lipinski definition) is 5. The summed E-state index contributed by atoms with van der Waals surface area (Å²) in [5.41, 5.74) is 1.60. The van der Waals surface area contributed by atoms with Crippen molar-refractivity contribution >= 4 is 23.2 Å². The molecule has 3 aliphatic heterocycles. The first-order chi connectivity index (χ1) is 12.7. The lowest BCUT2D eigenvalue weighted by molar-refractivity contribution is -0.135. The van der Waals surface area contributed by atoms with Crippen LogP contribution in [0.15, 0.2) is 35.4 Å². The van der Waals surface area contributed by atoms with E-state index < -0.39 is 0 Å². The fourth-order valence-electron chi connectivity index (χ4n) is 3.95. The molecule has 3 aliphatic rings. The van der Waals surface area contributed by atoms with Gasteiger partial charge in [-0.15, -0.1) is 0 Å². The van der Waals surface area contributed by atoms with E-state index in [9.17, 15) is 9.59 Å². The number of aromatic nitrogens is 2. The molecule has 5 heterocycles. The van der Waals surface area contributed by atoms with E-state index in [2.05, 4.69) is 21.4 Å². The van der Waals surface area contributed by atoms with Crippen molar-refractivity contribution in [3.8, 4) is 0 Å². The van der Waals surface area contributed by atoms with Gasteiger partial charge < -0.3 is 9.80 Å². The lowest BCUT2D eigenvalue weighted by Gasteiger charge is -2.36. The van der Waals surface area contributed by atoms with Crippen LogP contribution in [0.25, 0.3) is 0 Å². The van der Waals surface area contributed by atoms with E-state index in [0.717, 1.165) is 25.8 Å². The van der Waals surface area contributed by atoms with Crippen molar-refractivity contribution in [1.29, 1.82) is 0 Å². The van der Waals surface area contributed by atoms with Gasteiger partial charge in [0.2, 0.25) is 5.91 Å². The summed E-state index contributed by atoms with van der Waals surface area (Å²) in [6.07, 6.45) is 7.99. The number of thiophene rings is 1. The summed E-state index contributed by atoms with van der Waals surface area (Å²) >= 11 is 1.66. The molecule has 0 unspecified atom stereocenters. The molecule has 3 fully saturated rings. The lowest BCUT2D eigenvalue weighted by atomic mass is 9.94. The minimum Gasteiger partial charge on any atom is -0.338 e. The quantitative estimate of drug-likeness (QED) is 0.828. The Bertz CT molecular complexity index is 765. The van der Waals surface area contributed by atoms with Crippen LogP contribution in [-0.2, 0) is 11.2 Å². The van der Waals surface area contributed by atoms with Crippen molar-refractivity contribution in [1.82, 2.24) is 19.8 Å². The Morgan fingerprint density at radius 3 is 2.88 bits per heavy atom. The van der Waals surface area contributed by atoms with Crippen LogP contribution in [0, 0.1) is 5.92 Å². The average Bonchev–Trinajstić information content (AvgIpc) is 3.04. The number of fused-ring (bicyclic) bond motifs is 4. The zero-order valence-corrected chi connectivity index (χ0v) is 15.4. The Hall–Kier alpha value is -2.28. The fourth-order valence-corrected chi connectivity index (χ4v) is 4.66. The van der Waals surface area contributed by atoms with Gasteiger partial charge in [-0.1, -0.05) is 0 Å². The van der Waals surface area contributed by atoms with Gasteiger partial charge in [0.05, 0.1) is 6.20 Å². The molecular weight excluding hydrogens is 348 g/mol. The predicted molar refractivity (Wildman–Crippen MR) is 98.8 cm³/mol. The zero-order valence-electron chi connectivity index (χ0n) is 14.6. The molecule has 5 rings (SSSR count). The summed E-state index contributed by atoms with van der Waals surface area (Å²) in [7, 11) is 0. The van der Waals surface area contributed by atoms with Gasteiger partial charge >= 0.3 is 0 Å². The molecular formula is C19H22N4O2S. The number of nitrogens with zero attached hydrogens (tertiary/aromatic N) is 4. The second-order valence-electron chi connectivity index (χ2n) is 7.08. The molecule has 0 spiro atoms. The van der Waals surface area contributed by atoms with Gasteiger partial charge in [-0.3, -0.25) is 14.6 Å². The number of hydrogen-bond donors (Lipinski definition) is 0. The maximum Gasteiger partial charge on any atom is 0.274 e. The average molecular weight is 370 g/mol. The third kappa shape index (κ3) is 3.62. The third-order valence-corrected chi connectivity index (χ3v) is 6.04. The van der Waals surface area contributed by atoms with Crippen molar-refractivity contribution in [2.24, 2.45) is 5.92 Å². The van der Waals surface area contributed by atoms with E-state index in [4.69, 9.17) is 0 Å². The highest BCUT2D eigenvalue weighted by Gasteiger charge is 2.38.